The summed E-state index contributed by atoms with van der Waals surface area (Å²) in [6, 6.07) is 2.93. The minimum Gasteiger partial charge on any atom is -0.495 e. The summed E-state index contributed by atoms with van der Waals surface area (Å²) < 4.78 is 10.4. The van der Waals surface area contributed by atoms with Crippen molar-refractivity contribution in [1.82, 2.24) is 4.98 Å². The van der Waals surface area contributed by atoms with Gasteiger partial charge >= 0.3 is 5.97 Å². The maximum Gasteiger partial charge on any atom is 0.331 e. The average molecular weight is 374 g/mol. The van der Waals surface area contributed by atoms with E-state index in [0.717, 1.165) is 24.2 Å². The highest BCUT2D eigenvalue weighted by Crippen LogP contribution is 2.61. The molecule has 1 N–H and O–H groups in total. The van der Waals surface area contributed by atoms with Crippen LogP contribution in [0.2, 0.25) is 0 Å². The van der Waals surface area contributed by atoms with Crippen molar-refractivity contribution in [2.24, 2.45) is 22.2 Å². The molecule has 0 saturated heterocycles. The number of methoxy groups -OCH3 is 1. The molecule has 3 aliphatic carbocycles. The molecule has 4 rings (SSSR count). The first kappa shape index (κ1) is 19.8. The minimum absolute atomic E-state index is 0.111. The molecular weight excluding hydrogens is 344 g/mol. The molecule has 27 heavy (non-hydrogen) atoms. The van der Waals surface area contributed by atoms with E-state index in [9.17, 15) is 9.90 Å². The predicted octanol–water partition coefficient (Wildman–Crippen LogP) is 2.82. The highest BCUT2D eigenvalue weighted by Gasteiger charge is 2.61. The van der Waals surface area contributed by atoms with Gasteiger partial charge in [0, 0.05) is 17.8 Å². The van der Waals surface area contributed by atoms with E-state index in [2.05, 4.69) is 18.8 Å². The lowest BCUT2D eigenvalue weighted by atomic mass is 9.44. The van der Waals surface area contributed by atoms with Crippen molar-refractivity contribution in [3.63, 3.8) is 0 Å². The Labute approximate surface area is 161 Å². The molecule has 3 aliphatic rings. The Morgan fingerprint density at radius 1 is 1.41 bits per heavy atom. The van der Waals surface area contributed by atoms with Gasteiger partial charge in [0.25, 0.3) is 0 Å². The van der Waals surface area contributed by atoms with Gasteiger partial charge in [-0.05, 0) is 56.1 Å². The number of hydrogen-bond donors (Lipinski definition) is 1. The Kier molecular flexibility index (Phi) is 5.30. The van der Waals surface area contributed by atoms with Gasteiger partial charge in [-0.3, -0.25) is 9.98 Å². The van der Waals surface area contributed by atoms with Crippen molar-refractivity contribution in [2.45, 2.75) is 58.6 Å². The normalized spacial score (nSPS) is 31.1. The minimum atomic E-state index is -0.990. The largest absolute Gasteiger partial charge is 0.495 e. The first-order chi connectivity index (χ1) is 12.7. The number of fused-ring (bicyclic) bond motifs is 2. The lowest BCUT2D eigenvalue weighted by Gasteiger charge is -2.62. The van der Waals surface area contributed by atoms with Gasteiger partial charge in [0.05, 0.1) is 19.9 Å². The predicted molar refractivity (Wildman–Crippen MR) is 103 cm³/mol. The number of rotatable bonds is 6. The van der Waals surface area contributed by atoms with Crippen LogP contribution in [0.3, 0.4) is 0 Å². The van der Waals surface area contributed by atoms with Crippen LogP contribution in [-0.2, 0) is 16.0 Å². The summed E-state index contributed by atoms with van der Waals surface area (Å²) in [5.74, 6) is 0.958. The lowest BCUT2D eigenvalue weighted by Crippen LogP contribution is -2.65. The summed E-state index contributed by atoms with van der Waals surface area (Å²) in [4.78, 5) is 21.6. The Morgan fingerprint density at radius 3 is 2.67 bits per heavy atom. The van der Waals surface area contributed by atoms with E-state index in [0.29, 0.717) is 24.7 Å². The molecule has 4 atom stereocenters. The molecule has 1 aromatic heterocycles. The van der Waals surface area contributed by atoms with E-state index in [1.165, 1.54) is 0 Å². The maximum absolute atomic E-state index is 12.5. The molecule has 0 aromatic carbocycles. The molecule has 148 valence electrons. The number of hydrogen-bond acceptors (Lipinski definition) is 6. The highest BCUT2D eigenvalue weighted by molar-refractivity contribution is 5.96. The van der Waals surface area contributed by atoms with Crippen LogP contribution in [0.5, 0.6) is 5.75 Å². The third-order valence-corrected chi connectivity index (χ3v) is 6.48. The van der Waals surface area contributed by atoms with Gasteiger partial charge in [0.2, 0.25) is 0 Å². The third kappa shape index (κ3) is 3.59. The van der Waals surface area contributed by atoms with Crippen LogP contribution in [0, 0.1) is 17.3 Å². The molecule has 3 fully saturated rings. The summed E-state index contributed by atoms with van der Waals surface area (Å²) in [6.45, 7) is 8.33. The number of pyridine rings is 1. The molecule has 6 heteroatoms. The molecule has 0 amide bonds. The number of carbonyl (C=O) groups excluding carboxylic acids is 1. The van der Waals surface area contributed by atoms with E-state index < -0.39 is 11.6 Å². The number of aliphatic hydroxyl groups is 1. The molecule has 6 nitrogen and oxygen atoms in total. The van der Waals surface area contributed by atoms with Crippen molar-refractivity contribution < 1.29 is 19.4 Å². The Bertz CT molecular complexity index is 724. The summed E-state index contributed by atoms with van der Waals surface area (Å²) in [5, 5.41) is 11.2. The van der Waals surface area contributed by atoms with Gasteiger partial charge in [-0.15, -0.1) is 0 Å². The van der Waals surface area contributed by atoms with E-state index in [1.807, 2.05) is 19.1 Å². The maximum atomic E-state index is 12.5. The van der Waals surface area contributed by atoms with Crippen LogP contribution in [0.4, 0.5) is 0 Å². The van der Waals surface area contributed by atoms with Crippen LogP contribution in [0.25, 0.3) is 0 Å². The fourth-order valence-corrected chi connectivity index (χ4v) is 4.60. The van der Waals surface area contributed by atoms with Crippen molar-refractivity contribution in [2.75, 3.05) is 13.7 Å². The van der Waals surface area contributed by atoms with Crippen LogP contribution >= 0.6 is 0 Å². The second-order valence-electron chi connectivity index (χ2n) is 8.40. The summed E-state index contributed by atoms with van der Waals surface area (Å²) in [5.41, 5.74) is 0.573. The fourth-order valence-electron chi connectivity index (χ4n) is 4.60. The van der Waals surface area contributed by atoms with E-state index in [4.69, 9.17) is 14.5 Å². The molecular formula is C21H30N2O4. The molecule has 1 aromatic rings. The summed E-state index contributed by atoms with van der Waals surface area (Å²) >= 11 is 0. The molecule has 1 heterocycles. The van der Waals surface area contributed by atoms with Crippen molar-refractivity contribution >= 4 is 11.7 Å². The van der Waals surface area contributed by atoms with E-state index in [-0.39, 0.29) is 17.3 Å². The highest BCUT2D eigenvalue weighted by atomic mass is 16.5. The topological polar surface area (TPSA) is 81.0 Å². The zero-order valence-electron chi connectivity index (χ0n) is 16.9. The number of aliphatic imine (C=N–C) groups is 1. The van der Waals surface area contributed by atoms with Gasteiger partial charge < -0.3 is 14.6 Å². The SMILES string of the molecule is CCOC(=O)C(Cc1ccc(OC)cn1)N=C1C[C@H]2C[C@H](C2(C)C)[C@@]1(C)O. The lowest BCUT2D eigenvalue weighted by molar-refractivity contribution is -0.145. The van der Waals surface area contributed by atoms with Crippen LogP contribution < -0.4 is 4.74 Å². The molecule has 0 aliphatic heterocycles. The quantitative estimate of drug-likeness (QED) is 0.775. The van der Waals surface area contributed by atoms with Crippen molar-refractivity contribution in [1.29, 1.82) is 0 Å². The first-order valence-electron chi connectivity index (χ1n) is 9.65. The van der Waals surface area contributed by atoms with Gasteiger partial charge in [0.15, 0.2) is 6.04 Å². The number of ether oxygens (including phenoxy) is 2. The zero-order chi connectivity index (χ0) is 19.8. The standard InChI is InChI=1S/C21H30N2O4/c1-6-27-19(24)16(11-14-7-8-15(26-5)12-22-14)23-18-10-13-9-17(20(13,2)3)21(18,4)25/h7-8,12-13,16-17,25H,6,9-11H2,1-5H3/t13-,16?,17-,21-/m1/s1. The van der Waals surface area contributed by atoms with E-state index in [1.54, 1.807) is 20.2 Å². The smallest absolute Gasteiger partial charge is 0.331 e. The molecule has 0 radical (unpaired) electrons. The molecule has 2 bridgehead atoms. The fraction of sp³-hybridized carbons (Fsp3) is 0.667. The number of aromatic nitrogens is 1. The Hall–Kier alpha value is -1.95. The second-order valence-corrected chi connectivity index (χ2v) is 8.40. The molecule has 1 unspecified atom stereocenters. The number of esters is 1. The summed E-state index contributed by atoms with van der Waals surface area (Å²) in [6.07, 6.45) is 3.70. The van der Waals surface area contributed by atoms with Gasteiger partial charge in [0.1, 0.15) is 11.4 Å². The molecule has 0 spiro atoms. The van der Waals surface area contributed by atoms with Gasteiger partial charge in [-0.1, -0.05) is 13.8 Å². The summed E-state index contributed by atoms with van der Waals surface area (Å²) in [7, 11) is 1.59. The van der Waals surface area contributed by atoms with Crippen molar-refractivity contribution in [3.8, 4) is 5.75 Å². The average Bonchev–Trinajstić information content (AvgIpc) is 2.62. The number of carbonyl (C=O) groups is 1. The second kappa shape index (κ2) is 7.23. The monoisotopic (exact) mass is 374 g/mol. The zero-order valence-corrected chi connectivity index (χ0v) is 16.9. The van der Waals surface area contributed by atoms with Gasteiger partial charge in [-0.2, -0.15) is 0 Å². The third-order valence-electron chi connectivity index (χ3n) is 6.48. The Morgan fingerprint density at radius 2 is 2.15 bits per heavy atom. The Balaban J connectivity index is 1.85. The first-order valence-corrected chi connectivity index (χ1v) is 9.65. The molecule has 3 saturated carbocycles. The van der Waals surface area contributed by atoms with Gasteiger partial charge in [-0.25, -0.2) is 4.79 Å². The number of nitrogens with zero attached hydrogens (tertiary/aromatic N) is 2. The van der Waals surface area contributed by atoms with E-state index >= 15 is 0 Å². The van der Waals surface area contributed by atoms with Crippen LogP contribution in [0.1, 0.15) is 46.2 Å². The van der Waals surface area contributed by atoms with Crippen LogP contribution in [0.15, 0.2) is 23.3 Å². The van der Waals surface area contributed by atoms with Crippen molar-refractivity contribution in [3.05, 3.63) is 24.0 Å². The van der Waals surface area contributed by atoms with Crippen LogP contribution in [-0.4, -0.2) is 47.1 Å².